The summed E-state index contributed by atoms with van der Waals surface area (Å²) in [5.74, 6) is 0. The van der Waals surface area contributed by atoms with Crippen molar-refractivity contribution in [3.8, 4) is 0 Å². The van der Waals surface area contributed by atoms with Crippen molar-refractivity contribution in [1.82, 2.24) is 4.90 Å². The molecule has 2 unspecified atom stereocenters. The zero-order chi connectivity index (χ0) is 10.3. The maximum absolute atomic E-state index is 5.56. The van der Waals surface area contributed by atoms with E-state index in [4.69, 9.17) is 10.5 Å². The van der Waals surface area contributed by atoms with E-state index in [1.165, 1.54) is 0 Å². The van der Waals surface area contributed by atoms with Gasteiger partial charge >= 0.3 is 0 Å². The largest absolute Gasteiger partial charge is 0.383 e. The third kappa shape index (κ3) is 4.60. The lowest BCUT2D eigenvalue weighted by atomic mass is 10.1. The van der Waals surface area contributed by atoms with Crippen molar-refractivity contribution in [2.45, 2.75) is 38.8 Å². The monoisotopic (exact) mass is 188 g/mol. The first-order chi connectivity index (χ1) is 6.17. The van der Waals surface area contributed by atoms with Gasteiger partial charge in [0.15, 0.2) is 0 Å². The molecule has 0 aliphatic carbocycles. The van der Waals surface area contributed by atoms with Gasteiger partial charge < -0.3 is 10.5 Å². The zero-order valence-electron chi connectivity index (χ0n) is 9.42. The van der Waals surface area contributed by atoms with Crippen LogP contribution in [0.5, 0.6) is 0 Å². The number of rotatable bonds is 7. The Hall–Kier alpha value is -0.120. The number of hydrogen-bond acceptors (Lipinski definition) is 3. The quantitative estimate of drug-likeness (QED) is 0.650. The fourth-order valence-electron chi connectivity index (χ4n) is 1.61. The van der Waals surface area contributed by atoms with Gasteiger partial charge in [0.25, 0.3) is 0 Å². The van der Waals surface area contributed by atoms with Crippen molar-refractivity contribution in [3.05, 3.63) is 0 Å². The SMILES string of the molecule is CCC(CCN)N(C)C(C)COC. The molecule has 0 heterocycles. The van der Waals surface area contributed by atoms with Crippen LogP contribution in [0.25, 0.3) is 0 Å². The Labute approximate surface area is 82.2 Å². The second kappa shape index (κ2) is 7.30. The third-order valence-electron chi connectivity index (χ3n) is 2.65. The normalized spacial score (nSPS) is 16.2. The molecule has 0 aromatic heterocycles. The molecule has 0 spiro atoms. The van der Waals surface area contributed by atoms with Crippen LogP contribution >= 0.6 is 0 Å². The van der Waals surface area contributed by atoms with E-state index >= 15 is 0 Å². The predicted molar refractivity (Wildman–Crippen MR) is 56.9 cm³/mol. The van der Waals surface area contributed by atoms with Crippen molar-refractivity contribution in [3.63, 3.8) is 0 Å². The lowest BCUT2D eigenvalue weighted by Crippen LogP contribution is -2.41. The van der Waals surface area contributed by atoms with Gasteiger partial charge in [-0.15, -0.1) is 0 Å². The van der Waals surface area contributed by atoms with E-state index in [1.807, 2.05) is 0 Å². The highest BCUT2D eigenvalue weighted by Gasteiger charge is 2.16. The summed E-state index contributed by atoms with van der Waals surface area (Å²) in [6.07, 6.45) is 2.23. The summed E-state index contributed by atoms with van der Waals surface area (Å²) in [5, 5.41) is 0. The van der Waals surface area contributed by atoms with Crippen LogP contribution in [-0.2, 0) is 4.74 Å². The Morgan fingerprint density at radius 2 is 2.08 bits per heavy atom. The maximum Gasteiger partial charge on any atom is 0.0615 e. The fourth-order valence-corrected chi connectivity index (χ4v) is 1.61. The summed E-state index contributed by atoms with van der Waals surface area (Å²) in [6.45, 7) is 5.94. The van der Waals surface area contributed by atoms with Crippen molar-refractivity contribution >= 4 is 0 Å². The first kappa shape index (κ1) is 12.9. The molecule has 0 radical (unpaired) electrons. The average Bonchev–Trinajstić information content (AvgIpc) is 2.13. The minimum atomic E-state index is 0.474. The van der Waals surface area contributed by atoms with Crippen molar-refractivity contribution in [1.29, 1.82) is 0 Å². The molecular weight excluding hydrogens is 164 g/mol. The molecule has 80 valence electrons. The molecule has 0 aliphatic rings. The molecular formula is C10H24N2O. The molecule has 13 heavy (non-hydrogen) atoms. The Morgan fingerprint density at radius 3 is 2.46 bits per heavy atom. The van der Waals surface area contributed by atoms with Gasteiger partial charge in [-0.2, -0.15) is 0 Å². The highest BCUT2D eigenvalue weighted by molar-refractivity contribution is 4.72. The van der Waals surface area contributed by atoms with Crippen LogP contribution in [-0.4, -0.2) is 44.3 Å². The van der Waals surface area contributed by atoms with Gasteiger partial charge in [-0.25, -0.2) is 0 Å². The number of methoxy groups -OCH3 is 1. The number of ether oxygens (including phenoxy) is 1. The van der Waals surface area contributed by atoms with Crippen LogP contribution < -0.4 is 5.73 Å². The summed E-state index contributed by atoms with van der Waals surface area (Å²) in [4.78, 5) is 2.36. The first-order valence-corrected chi connectivity index (χ1v) is 5.08. The lowest BCUT2D eigenvalue weighted by molar-refractivity contribution is 0.0854. The van der Waals surface area contributed by atoms with E-state index in [1.54, 1.807) is 7.11 Å². The summed E-state index contributed by atoms with van der Waals surface area (Å²) >= 11 is 0. The van der Waals surface area contributed by atoms with Crippen LogP contribution in [0.4, 0.5) is 0 Å². The molecule has 0 saturated carbocycles. The molecule has 2 N–H and O–H groups in total. The van der Waals surface area contributed by atoms with Crippen LogP contribution in [0.1, 0.15) is 26.7 Å². The van der Waals surface area contributed by atoms with E-state index in [-0.39, 0.29) is 0 Å². The van der Waals surface area contributed by atoms with Gasteiger partial charge in [0.2, 0.25) is 0 Å². The maximum atomic E-state index is 5.56. The number of nitrogens with two attached hydrogens (primary N) is 1. The average molecular weight is 188 g/mol. The Bertz CT molecular complexity index is 119. The standard InChI is InChI=1S/C10H24N2O/c1-5-10(6-7-11)12(3)9(2)8-13-4/h9-10H,5-8,11H2,1-4H3. The van der Waals surface area contributed by atoms with Gasteiger partial charge in [0.1, 0.15) is 0 Å². The van der Waals surface area contributed by atoms with E-state index in [0.29, 0.717) is 12.1 Å². The highest BCUT2D eigenvalue weighted by atomic mass is 16.5. The van der Waals surface area contributed by atoms with Crippen molar-refractivity contribution in [2.75, 3.05) is 27.3 Å². The van der Waals surface area contributed by atoms with E-state index in [2.05, 4.69) is 25.8 Å². The summed E-state index contributed by atoms with van der Waals surface area (Å²) < 4.78 is 5.12. The van der Waals surface area contributed by atoms with Gasteiger partial charge in [-0.3, -0.25) is 4.90 Å². The van der Waals surface area contributed by atoms with E-state index in [9.17, 15) is 0 Å². The summed E-state index contributed by atoms with van der Waals surface area (Å²) in [7, 11) is 3.89. The number of nitrogens with zero attached hydrogens (tertiary/aromatic N) is 1. The van der Waals surface area contributed by atoms with Crippen molar-refractivity contribution in [2.24, 2.45) is 5.73 Å². The van der Waals surface area contributed by atoms with Crippen LogP contribution in [0.3, 0.4) is 0 Å². The molecule has 3 heteroatoms. The molecule has 0 saturated heterocycles. The lowest BCUT2D eigenvalue weighted by Gasteiger charge is -2.32. The van der Waals surface area contributed by atoms with Gasteiger partial charge in [-0.05, 0) is 33.4 Å². The minimum Gasteiger partial charge on any atom is -0.383 e. The number of hydrogen-bond donors (Lipinski definition) is 1. The summed E-state index contributed by atoms with van der Waals surface area (Å²) in [5.41, 5.74) is 5.56. The third-order valence-corrected chi connectivity index (χ3v) is 2.65. The molecule has 0 fully saturated rings. The number of likely N-dealkylation sites (N-methyl/N-ethyl adjacent to an activating group) is 1. The molecule has 3 nitrogen and oxygen atoms in total. The van der Waals surface area contributed by atoms with E-state index < -0.39 is 0 Å². The summed E-state index contributed by atoms with van der Waals surface area (Å²) in [6, 6.07) is 1.07. The van der Waals surface area contributed by atoms with Crippen LogP contribution in [0.15, 0.2) is 0 Å². The Kier molecular flexibility index (Phi) is 7.23. The predicted octanol–water partition coefficient (Wildman–Crippen LogP) is 1.08. The van der Waals surface area contributed by atoms with Gasteiger partial charge in [0, 0.05) is 19.2 Å². The van der Waals surface area contributed by atoms with Crippen LogP contribution in [0, 0.1) is 0 Å². The van der Waals surface area contributed by atoms with Crippen molar-refractivity contribution < 1.29 is 4.74 Å². The minimum absolute atomic E-state index is 0.474. The van der Waals surface area contributed by atoms with Crippen LogP contribution in [0.2, 0.25) is 0 Å². The van der Waals surface area contributed by atoms with E-state index in [0.717, 1.165) is 26.0 Å². The molecule has 0 aromatic carbocycles. The second-order valence-corrected chi connectivity index (χ2v) is 3.61. The fraction of sp³-hybridized carbons (Fsp3) is 1.00. The molecule has 0 rings (SSSR count). The van der Waals surface area contributed by atoms with Gasteiger partial charge in [0.05, 0.1) is 6.61 Å². The molecule has 0 aromatic rings. The molecule has 2 atom stereocenters. The second-order valence-electron chi connectivity index (χ2n) is 3.61. The Morgan fingerprint density at radius 1 is 1.46 bits per heavy atom. The van der Waals surface area contributed by atoms with Gasteiger partial charge in [-0.1, -0.05) is 6.92 Å². The molecule has 0 bridgehead atoms. The smallest absolute Gasteiger partial charge is 0.0615 e. The molecule has 0 aliphatic heterocycles. The molecule has 0 amide bonds. The highest BCUT2D eigenvalue weighted by Crippen LogP contribution is 2.09. The first-order valence-electron chi connectivity index (χ1n) is 5.08. The Balaban J connectivity index is 3.94. The topological polar surface area (TPSA) is 38.5 Å². The zero-order valence-corrected chi connectivity index (χ0v) is 9.42.